The molecule has 0 amide bonds. The van der Waals surface area contributed by atoms with Crippen molar-refractivity contribution in [3.05, 3.63) is 59.7 Å². The molecule has 1 heterocycles. The van der Waals surface area contributed by atoms with Crippen LogP contribution in [0.5, 0.6) is 0 Å². The Morgan fingerprint density at radius 3 is 2.59 bits per heavy atom. The zero-order chi connectivity index (χ0) is 19.4. The molecule has 0 aromatic heterocycles. The molecule has 0 saturated carbocycles. The number of aliphatic hydroxyl groups is 1. The number of para-hydroxylation sites is 1. The number of aliphatic hydroxyl groups excluding tert-OH is 1. The van der Waals surface area contributed by atoms with Gasteiger partial charge in [0.25, 0.3) is 0 Å². The van der Waals surface area contributed by atoms with Gasteiger partial charge < -0.3 is 21.1 Å². The molecule has 0 spiro atoms. The van der Waals surface area contributed by atoms with E-state index in [-0.39, 0.29) is 5.96 Å². The maximum atomic E-state index is 10.9. The third-order valence-electron chi connectivity index (χ3n) is 4.52. The minimum Gasteiger partial charge on any atom is -0.388 e. The van der Waals surface area contributed by atoms with Gasteiger partial charge in [-0.3, -0.25) is 0 Å². The van der Waals surface area contributed by atoms with Gasteiger partial charge in [0.2, 0.25) is 12.2 Å². The third-order valence-corrected chi connectivity index (χ3v) is 4.52. The van der Waals surface area contributed by atoms with E-state index in [0.29, 0.717) is 5.56 Å². The minimum absolute atomic E-state index is 0.221. The van der Waals surface area contributed by atoms with Gasteiger partial charge in [0.1, 0.15) is 6.10 Å². The summed E-state index contributed by atoms with van der Waals surface area (Å²) in [5.41, 5.74) is 2.18. The first-order valence-corrected chi connectivity index (χ1v) is 8.50. The van der Waals surface area contributed by atoms with Crippen molar-refractivity contribution in [1.29, 1.82) is 10.5 Å². The predicted molar refractivity (Wildman–Crippen MR) is 104 cm³/mol. The van der Waals surface area contributed by atoms with Gasteiger partial charge in [-0.1, -0.05) is 18.2 Å². The van der Waals surface area contributed by atoms with E-state index in [2.05, 4.69) is 27.0 Å². The summed E-state index contributed by atoms with van der Waals surface area (Å²) in [4.78, 5) is 3.81. The van der Waals surface area contributed by atoms with Crippen LogP contribution in [-0.4, -0.2) is 22.7 Å². The number of aliphatic imine (C=N–C) groups is 1. The van der Waals surface area contributed by atoms with Crippen molar-refractivity contribution in [1.82, 2.24) is 5.32 Å². The number of benzene rings is 2. The summed E-state index contributed by atoms with van der Waals surface area (Å²) in [5, 5.41) is 38.7. The molecule has 0 aliphatic carbocycles. The maximum Gasteiger partial charge on any atom is 0.212 e. The highest BCUT2D eigenvalue weighted by Crippen LogP contribution is 2.38. The fourth-order valence-electron chi connectivity index (χ4n) is 3.12. The maximum absolute atomic E-state index is 10.9. The van der Waals surface area contributed by atoms with Crippen LogP contribution in [0.3, 0.4) is 0 Å². The first kappa shape index (κ1) is 18.2. The lowest BCUT2D eigenvalue weighted by Crippen LogP contribution is -2.55. The highest BCUT2D eigenvalue weighted by atomic mass is 16.3. The largest absolute Gasteiger partial charge is 0.388 e. The standard InChI is InChI=1S/C20H20N6O/c1-20(2)18(27)17(15-10-13(11-21)8-9-16(15)26-20)25-19(23-12-22)24-14-6-4-3-5-7-14/h3-10,17-18,26-27H,1-2H3,(H2,23,24,25)/t17-,18+/m0/s1. The van der Waals surface area contributed by atoms with E-state index >= 15 is 0 Å². The normalized spacial score (nSPS) is 20.4. The number of nitriles is 2. The van der Waals surface area contributed by atoms with Gasteiger partial charge in [0.05, 0.1) is 23.2 Å². The molecule has 0 unspecified atom stereocenters. The van der Waals surface area contributed by atoms with Gasteiger partial charge in [-0.15, -0.1) is 4.99 Å². The van der Waals surface area contributed by atoms with E-state index < -0.39 is 17.7 Å². The Morgan fingerprint density at radius 1 is 1.19 bits per heavy atom. The van der Waals surface area contributed by atoms with Crippen LogP contribution in [0.2, 0.25) is 0 Å². The van der Waals surface area contributed by atoms with E-state index in [1.807, 2.05) is 50.2 Å². The number of hydrogen-bond acceptors (Lipinski definition) is 5. The minimum atomic E-state index is -0.833. The molecule has 7 nitrogen and oxygen atoms in total. The summed E-state index contributed by atoms with van der Waals surface area (Å²) in [7, 11) is 0. The zero-order valence-electron chi connectivity index (χ0n) is 15.1. The number of guanidine groups is 1. The van der Waals surface area contributed by atoms with Crippen LogP contribution in [-0.2, 0) is 0 Å². The molecule has 2 atom stereocenters. The Balaban J connectivity index is 1.97. The van der Waals surface area contributed by atoms with Crippen molar-refractivity contribution in [3.63, 3.8) is 0 Å². The lowest BCUT2D eigenvalue weighted by atomic mass is 9.82. The first-order chi connectivity index (χ1) is 12.9. The summed E-state index contributed by atoms with van der Waals surface area (Å²) in [5.74, 6) is 0.221. The van der Waals surface area contributed by atoms with Gasteiger partial charge in [0, 0.05) is 16.9 Å². The van der Waals surface area contributed by atoms with Gasteiger partial charge >= 0.3 is 0 Å². The van der Waals surface area contributed by atoms with E-state index in [0.717, 1.165) is 16.9 Å². The molecule has 1 aliphatic rings. The highest BCUT2D eigenvalue weighted by molar-refractivity contribution is 5.94. The van der Waals surface area contributed by atoms with Gasteiger partial charge in [-0.05, 0) is 44.2 Å². The molecular weight excluding hydrogens is 340 g/mol. The van der Waals surface area contributed by atoms with Crippen molar-refractivity contribution in [2.75, 3.05) is 10.6 Å². The molecule has 136 valence electrons. The fraction of sp³-hybridized carbons (Fsp3) is 0.250. The van der Waals surface area contributed by atoms with E-state index in [4.69, 9.17) is 5.26 Å². The van der Waals surface area contributed by atoms with Crippen LogP contribution < -0.4 is 16.0 Å². The average Bonchev–Trinajstić information content (AvgIpc) is 2.66. The van der Waals surface area contributed by atoms with Gasteiger partial charge in [-0.2, -0.15) is 10.5 Å². The number of nitrogens with one attached hydrogen (secondary N) is 3. The van der Waals surface area contributed by atoms with Crippen LogP contribution in [0, 0.1) is 22.8 Å². The average molecular weight is 360 g/mol. The highest BCUT2D eigenvalue weighted by Gasteiger charge is 2.41. The van der Waals surface area contributed by atoms with Gasteiger partial charge in [0.15, 0.2) is 0 Å². The monoisotopic (exact) mass is 360 g/mol. The Hall–Kier alpha value is -3.55. The topological polar surface area (TPSA) is 116 Å². The number of anilines is 2. The van der Waals surface area contributed by atoms with Crippen LogP contribution in [0.4, 0.5) is 11.4 Å². The third kappa shape index (κ3) is 3.84. The number of nitrogens with zero attached hydrogens (tertiary/aromatic N) is 3. The molecule has 1 aliphatic heterocycles. The van der Waals surface area contributed by atoms with E-state index in [9.17, 15) is 10.4 Å². The molecular formula is C20H20N6O. The molecule has 4 N–H and O–H groups in total. The summed E-state index contributed by atoms with van der Waals surface area (Å²) < 4.78 is 0. The van der Waals surface area contributed by atoms with Crippen LogP contribution >= 0.6 is 0 Å². The SMILES string of the molecule is CC1(C)Nc2ccc(C#N)cc2[C@H](NC(=NC#N)Nc2ccccc2)[C@H]1O. The summed E-state index contributed by atoms with van der Waals surface area (Å²) >= 11 is 0. The number of fused-ring (bicyclic) bond motifs is 1. The molecule has 3 rings (SSSR count). The van der Waals surface area contributed by atoms with Crippen molar-refractivity contribution >= 4 is 17.3 Å². The summed E-state index contributed by atoms with van der Waals surface area (Å²) in [6.07, 6.45) is 0.940. The van der Waals surface area contributed by atoms with Crippen LogP contribution in [0.15, 0.2) is 53.5 Å². The predicted octanol–water partition coefficient (Wildman–Crippen LogP) is 2.70. The first-order valence-electron chi connectivity index (χ1n) is 8.50. The second-order valence-corrected chi connectivity index (χ2v) is 6.88. The Bertz CT molecular complexity index is 939. The number of rotatable bonds is 2. The quantitative estimate of drug-likeness (QED) is 0.372. The Labute approximate surface area is 158 Å². The summed E-state index contributed by atoms with van der Waals surface area (Å²) in [6.45, 7) is 3.78. The molecule has 2 aromatic rings. The molecule has 0 bridgehead atoms. The second kappa shape index (κ2) is 7.36. The molecule has 0 saturated heterocycles. The van der Waals surface area contributed by atoms with Crippen molar-refractivity contribution in [2.24, 2.45) is 4.99 Å². The van der Waals surface area contributed by atoms with Gasteiger partial charge in [-0.25, -0.2) is 0 Å². The lowest BCUT2D eigenvalue weighted by Gasteiger charge is -2.43. The Morgan fingerprint density at radius 2 is 1.93 bits per heavy atom. The van der Waals surface area contributed by atoms with Crippen molar-refractivity contribution in [2.45, 2.75) is 31.5 Å². The van der Waals surface area contributed by atoms with Crippen molar-refractivity contribution in [3.8, 4) is 12.3 Å². The number of hydrogen-bond donors (Lipinski definition) is 4. The van der Waals surface area contributed by atoms with E-state index in [1.54, 1.807) is 18.3 Å². The van der Waals surface area contributed by atoms with E-state index in [1.165, 1.54) is 0 Å². The van der Waals surface area contributed by atoms with Crippen LogP contribution in [0.1, 0.15) is 31.0 Å². The molecule has 0 radical (unpaired) electrons. The fourth-order valence-corrected chi connectivity index (χ4v) is 3.12. The summed E-state index contributed by atoms with van der Waals surface area (Å²) in [6, 6.07) is 16.1. The lowest BCUT2D eigenvalue weighted by molar-refractivity contribution is 0.0758. The molecule has 0 fully saturated rings. The second-order valence-electron chi connectivity index (χ2n) is 6.88. The smallest absolute Gasteiger partial charge is 0.212 e. The Kier molecular flexibility index (Phi) is 4.98. The van der Waals surface area contributed by atoms with Crippen LogP contribution in [0.25, 0.3) is 0 Å². The molecule has 27 heavy (non-hydrogen) atoms. The molecule has 7 heteroatoms. The zero-order valence-corrected chi connectivity index (χ0v) is 15.1. The molecule has 2 aromatic carbocycles. The van der Waals surface area contributed by atoms with Crippen molar-refractivity contribution < 1.29 is 5.11 Å².